The molecule has 7 nitrogen and oxygen atoms in total. The van der Waals surface area contributed by atoms with Crippen LogP contribution in [0.5, 0.6) is 5.75 Å². The molecular formula is C21H17N5O2. The van der Waals surface area contributed by atoms with Crippen LogP contribution in [0, 0.1) is 0 Å². The van der Waals surface area contributed by atoms with Gasteiger partial charge in [-0.3, -0.25) is 14.3 Å². The zero-order valence-corrected chi connectivity index (χ0v) is 15.2. The molecule has 0 saturated heterocycles. The number of methoxy groups -OCH3 is 1. The third kappa shape index (κ3) is 2.68. The molecule has 0 spiro atoms. The number of ether oxygens (including phenoxy) is 1. The van der Waals surface area contributed by atoms with Gasteiger partial charge in [0.05, 0.1) is 30.4 Å². The van der Waals surface area contributed by atoms with Crippen molar-refractivity contribution in [2.45, 2.75) is 13.1 Å². The van der Waals surface area contributed by atoms with Crippen LogP contribution in [0.3, 0.4) is 0 Å². The quantitative estimate of drug-likeness (QED) is 0.551. The second kappa shape index (κ2) is 6.45. The summed E-state index contributed by atoms with van der Waals surface area (Å²) in [5, 5.41) is 1.02. The minimum absolute atomic E-state index is 0.0427. The van der Waals surface area contributed by atoms with Gasteiger partial charge in [-0.1, -0.05) is 12.1 Å². The van der Waals surface area contributed by atoms with Crippen LogP contribution in [0.2, 0.25) is 0 Å². The topological polar surface area (TPSA) is 73.1 Å². The maximum absolute atomic E-state index is 12.7. The van der Waals surface area contributed by atoms with E-state index in [9.17, 15) is 4.79 Å². The number of carbonyl (C=O) groups excluding carboxylic acids is 1. The molecule has 0 atom stereocenters. The van der Waals surface area contributed by atoms with E-state index in [0.29, 0.717) is 24.6 Å². The van der Waals surface area contributed by atoms with E-state index in [1.54, 1.807) is 30.6 Å². The molecule has 0 aliphatic carbocycles. The van der Waals surface area contributed by atoms with Crippen LogP contribution in [0.25, 0.3) is 16.9 Å². The van der Waals surface area contributed by atoms with Gasteiger partial charge in [0.2, 0.25) is 5.95 Å². The number of nitrogens with zero attached hydrogens (tertiary/aromatic N) is 5. The number of hydrogen-bond acceptors (Lipinski definition) is 5. The first-order chi connectivity index (χ1) is 13.7. The van der Waals surface area contributed by atoms with E-state index in [4.69, 9.17) is 4.74 Å². The maximum atomic E-state index is 12.7. The van der Waals surface area contributed by atoms with Gasteiger partial charge in [-0.05, 0) is 29.8 Å². The first-order valence-electron chi connectivity index (χ1n) is 8.92. The molecule has 3 aromatic heterocycles. The average Bonchev–Trinajstić information content (AvgIpc) is 3.30. The summed E-state index contributed by atoms with van der Waals surface area (Å²) in [6.45, 7) is 0.989. The third-order valence-electron chi connectivity index (χ3n) is 4.95. The summed E-state index contributed by atoms with van der Waals surface area (Å²) in [5.74, 6) is 1.31. The molecule has 0 bridgehead atoms. The Morgan fingerprint density at radius 3 is 2.79 bits per heavy atom. The fourth-order valence-corrected chi connectivity index (χ4v) is 3.48. The molecule has 1 aliphatic heterocycles. The lowest BCUT2D eigenvalue weighted by Crippen LogP contribution is -2.23. The van der Waals surface area contributed by atoms with E-state index < -0.39 is 0 Å². The maximum Gasteiger partial charge on any atom is 0.258 e. The standard InChI is InChI=1S/C21H17N5O2/c1-28-16-4-2-14(3-5-16)12-25-13-18-17(20(25)27)11-23-21(24-18)26-9-7-15-10-22-8-6-19(15)26/h2-11H,12-13H2,1H3. The summed E-state index contributed by atoms with van der Waals surface area (Å²) in [6, 6.07) is 11.6. The molecule has 4 heterocycles. The highest BCUT2D eigenvalue weighted by atomic mass is 16.5. The highest BCUT2D eigenvalue weighted by Gasteiger charge is 2.29. The van der Waals surface area contributed by atoms with E-state index in [2.05, 4.69) is 15.0 Å². The Bertz CT molecular complexity index is 1180. The van der Waals surface area contributed by atoms with E-state index in [1.807, 2.05) is 47.2 Å². The number of amides is 1. The van der Waals surface area contributed by atoms with Crippen molar-refractivity contribution in [3.05, 3.63) is 78.0 Å². The van der Waals surface area contributed by atoms with Gasteiger partial charge in [0.25, 0.3) is 5.91 Å². The number of aromatic nitrogens is 4. The largest absolute Gasteiger partial charge is 0.497 e. The van der Waals surface area contributed by atoms with Crippen LogP contribution in [0.4, 0.5) is 0 Å². The SMILES string of the molecule is COc1ccc(CN2Cc3nc(-n4ccc5cnccc54)ncc3C2=O)cc1. The summed E-state index contributed by atoms with van der Waals surface area (Å²) in [5.41, 5.74) is 3.34. The Kier molecular flexibility index (Phi) is 3.79. The molecule has 1 aliphatic rings. The first kappa shape index (κ1) is 16.4. The highest BCUT2D eigenvalue weighted by Crippen LogP contribution is 2.25. The molecule has 4 aromatic rings. The normalized spacial score (nSPS) is 13.2. The van der Waals surface area contributed by atoms with Gasteiger partial charge in [0.1, 0.15) is 5.75 Å². The molecule has 0 N–H and O–H groups in total. The molecule has 28 heavy (non-hydrogen) atoms. The van der Waals surface area contributed by atoms with Gasteiger partial charge in [-0.2, -0.15) is 0 Å². The third-order valence-corrected chi connectivity index (χ3v) is 4.95. The Morgan fingerprint density at radius 1 is 1.11 bits per heavy atom. The average molecular weight is 371 g/mol. The molecule has 138 valence electrons. The highest BCUT2D eigenvalue weighted by molar-refractivity contribution is 5.97. The molecule has 0 saturated carbocycles. The predicted molar refractivity (Wildman–Crippen MR) is 103 cm³/mol. The molecule has 1 amide bonds. The zero-order chi connectivity index (χ0) is 19.1. The Balaban J connectivity index is 1.43. The minimum atomic E-state index is -0.0427. The summed E-state index contributed by atoms with van der Waals surface area (Å²) in [6.07, 6.45) is 7.09. The molecule has 0 unspecified atom stereocenters. The van der Waals surface area contributed by atoms with Gasteiger partial charge in [-0.15, -0.1) is 0 Å². The number of hydrogen-bond donors (Lipinski definition) is 0. The van der Waals surface area contributed by atoms with Gasteiger partial charge >= 0.3 is 0 Å². The van der Waals surface area contributed by atoms with Crippen molar-refractivity contribution in [2.24, 2.45) is 0 Å². The second-order valence-corrected chi connectivity index (χ2v) is 6.66. The summed E-state index contributed by atoms with van der Waals surface area (Å²) >= 11 is 0. The number of benzene rings is 1. The van der Waals surface area contributed by atoms with Crippen molar-refractivity contribution in [2.75, 3.05) is 7.11 Å². The summed E-state index contributed by atoms with van der Waals surface area (Å²) in [4.78, 5) is 27.7. The van der Waals surface area contributed by atoms with Gasteiger partial charge in [0, 0.05) is 36.7 Å². The van der Waals surface area contributed by atoms with E-state index in [1.165, 1.54) is 0 Å². The Hall–Kier alpha value is -3.74. The van der Waals surface area contributed by atoms with Crippen molar-refractivity contribution in [1.29, 1.82) is 0 Å². The van der Waals surface area contributed by atoms with Crippen LogP contribution in [-0.4, -0.2) is 37.4 Å². The van der Waals surface area contributed by atoms with Crippen LogP contribution in [0.15, 0.2) is 61.2 Å². The molecular weight excluding hydrogens is 354 g/mol. The number of fused-ring (bicyclic) bond motifs is 2. The van der Waals surface area contributed by atoms with Gasteiger partial charge in [-0.25, -0.2) is 9.97 Å². The first-order valence-corrected chi connectivity index (χ1v) is 8.92. The van der Waals surface area contributed by atoms with Crippen LogP contribution >= 0.6 is 0 Å². The van der Waals surface area contributed by atoms with Crippen molar-refractivity contribution in [3.63, 3.8) is 0 Å². The second-order valence-electron chi connectivity index (χ2n) is 6.66. The van der Waals surface area contributed by atoms with Gasteiger partial charge in [0.15, 0.2) is 0 Å². The monoisotopic (exact) mass is 371 g/mol. The zero-order valence-electron chi connectivity index (χ0n) is 15.2. The lowest BCUT2D eigenvalue weighted by atomic mass is 10.2. The van der Waals surface area contributed by atoms with Gasteiger partial charge < -0.3 is 9.64 Å². The van der Waals surface area contributed by atoms with E-state index in [0.717, 1.165) is 27.9 Å². The molecule has 0 fully saturated rings. The number of carbonyl (C=O) groups is 1. The van der Waals surface area contributed by atoms with E-state index >= 15 is 0 Å². The molecule has 0 radical (unpaired) electrons. The Labute approximate surface area is 161 Å². The predicted octanol–water partition coefficient (Wildman–Crippen LogP) is 2.98. The van der Waals surface area contributed by atoms with Crippen molar-refractivity contribution in [3.8, 4) is 11.7 Å². The van der Waals surface area contributed by atoms with Crippen molar-refractivity contribution in [1.82, 2.24) is 24.4 Å². The summed E-state index contributed by atoms with van der Waals surface area (Å²) in [7, 11) is 1.64. The Morgan fingerprint density at radius 2 is 1.96 bits per heavy atom. The van der Waals surface area contributed by atoms with Crippen LogP contribution in [-0.2, 0) is 13.1 Å². The van der Waals surface area contributed by atoms with Crippen LogP contribution < -0.4 is 4.74 Å². The molecule has 7 heteroatoms. The lowest BCUT2D eigenvalue weighted by Gasteiger charge is -2.15. The number of pyridine rings is 1. The molecule has 1 aromatic carbocycles. The van der Waals surface area contributed by atoms with E-state index in [-0.39, 0.29) is 5.91 Å². The minimum Gasteiger partial charge on any atom is -0.497 e. The molecule has 5 rings (SSSR count). The van der Waals surface area contributed by atoms with Crippen molar-refractivity contribution < 1.29 is 9.53 Å². The van der Waals surface area contributed by atoms with Crippen LogP contribution in [0.1, 0.15) is 21.6 Å². The fourth-order valence-electron chi connectivity index (χ4n) is 3.48. The lowest BCUT2D eigenvalue weighted by molar-refractivity contribution is 0.0766. The number of rotatable bonds is 4. The fraction of sp³-hybridized carbons (Fsp3) is 0.143. The summed E-state index contributed by atoms with van der Waals surface area (Å²) < 4.78 is 7.10. The smallest absolute Gasteiger partial charge is 0.258 e. The van der Waals surface area contributed by atoms with Crippen molar-refractivity contribution >= 4 is 16.8 Å².